The zero-order valence-corrected chi connectivity index (χ0v) is 48.0. The molecule has 0 bridgehead atoms. The number of morpholine rings is 3. The van der Waals surface area contributed by atoms with Crippen molar-refractivity contribution in [3.63, 3.8) is 0 Å². The third-order valence-electron chi connectivity index (χ3n) is 17.2. The summed E-state index contributed by atoms with van der Waals surface area (Å²) in [7, 11) is 0. The van der Waals surface area contributed by atoms with Crippen molar-refractivity contribution in [2.75, 3.05) is 111 Å². The van der Waals surface area contributed by atoms with E-state index in [4.69, 9.17) is 71.3 Å². The number of aryl methyl sites for hydroxylation is 1. The summed E-state index contributed by atoms with van der Waals surface area (Å²) in [5.74, 6) is 3.78. The van der Waals surface area contributed by atoms with Crippen LogP contribution in [0.2, 0.25) is 0 Å². The summed E-state index contributed by atoms with van der Waals surface area (Å²) in [6.45, 7) is 10.9. The number of fused-ring (bicyclic) bond motifs is 4. The van der Waals surface area contributed by atoms with Crippen LogP contribution in [-0.4, -0.2) is 167 Å². The Morgan fingerprint density at radius 1 is 0.427 bits per heavy atom. The summed E-state index contributed by atoms with van der Waals surface area (Å²) in [5, 5.41) is 0. The lowest BCUT2D eigenvalue weighted by atomic mass is 9.86. The van der Waals surface area contributed by atoms with Gasteiger partial charge in [-0.05, 0) is 62.0 Å². The number of ether oxygens (including phenoxy) is 3. The van der Waals surface area contributed by atoms with Gasteiger partial charge < -0.3 is 59.8 Å². The lowest BCUT2D eigenvalue weighted by Gasteiger charge is -2.30. The predicted molar refractivity (Wildman–Crippen MR) is 344 cm³/mol. The van der Waals surface area contributed by atoms with Crippen molar-refractivity contribution >= 4 is 68.8 Å². The Kier molecular flexibility index (Phi) is 18.7. The molecule has 3 aliphatic heterocycles. The first-order valence-electron chi connectivity index (χ1n) is 29.8. The quantitative estimate of drug-likeness (QED) is 0.123. The van der Waals surface area contributed by atoms with Gasteiger partial charge in [0, 0.05) is 51.4 Å². The Labute approximate surface area is 517 Å². The molecule has 10 aromatic rings. The summed E-state index contributed by atoms with van der Waals surface area (Å²) in [5.41, 5.74) is 28.7. The maximum atomic E-state index is 5.75. The molecule has 1 aromatic carbocycles. The molecule has 3 atom stereocenters. The summed E-state index contributed by atoms with van der Waals surface area (Å²) >= 11 is 0. The van der Waals surface area contributed by atoms with E-state index in [9.17, 15) is 0 Å². The van der Waals surface area contributed by atoms with Gasteiger partial charge in [-0.15, -0.1) is 0 Å². The molecule has 0 amide bonds. The number of nitrogens with two attached hydrogens (primary N) is 3. The van der Waals surface area contributed by atoms with Crippen LogP contribution in [0.25, 0.3) is 67.7 Å². The van der Waals surface area contributed by atoms with E-state index in [0.29, 0.717) is 127 Å². The summed E-state index contributed by atoms with van der Waals surface area (Å²) < 4.78 is 23.1. The third-order valence-corrected chi connectivity index (χ3v) is 17.2. The van der Waals surface area contributed by atoms with Crippen LogP contribution in [0.4, 0.5) is 35.3 Å². The maximum Gasteiger partial charge on any atom is 0.228 e. The number of rotatable bonds is 9. The minimum atomic E-state index is 0. The normalized spacial score (nSPS) is 19.2. The SMILES string of the molecule is C.C.C.CC1CCCCC1n1cnc2c(-c3cnc(N)cn3)nc(N3CCOCC3)nc21.Nc1cnc(-c2nc(N3CCOCC3)nc3c2ncn3C2CCC2)cn1.Nc1cnc(-c2nc(N3CCOCC3)nc3c2ncn3C2CCc3ccccc32)cn1. The van der Waals surface area contributed by atoms with Crippen LogP contribution >= 0.6 is 0 Å². The zero-order valence-electron chi connectivity index (χ0n) is 48.0. The molecule has 0 spiro atoms. The number of nitrogens with zero attached hydrogens (tertiary/aromatic N) is 21. The van der Waals surface area contributed by atoms with Gasteiger partial charge in [-0.25, -0.2) is 59.8 Å². The summed E-state index contributed by atoms with van der Waals surface area (Å²) in [6.07, 6.45) is 25.8. The lowest BCUT2D eigenvalue weighted by Crippen LogP contribution is -2.37. The van der Waals surface area contributed by atoms with Crippen molar-refractivity contribution in [2.24, 2.45) is 5.92 Å². The average Bonchev–Trinajstić information content (AvgIpc) is 1.79. The highest BCUT2D eigenvalue weighted by Gasteiger charge is 2.31. The molecule has 6 aliphatic rings. The van der Waals surface area contributed by atoms with Crippen LogP contribution in [-0.2, 0) is 20.6 Å². The van der Waals surface area contributed by atoms with Crippen molar-refractivity contribution in [3.8, 4) is 34.2 Å². The first-order chi connectivity index (χ1) is 42.3. The van der Waals surface area contributed by atoms with Crippen molar-refractivity contribution in [2.45, 2.75) is 105 Å². The number of hydrogen-bond donors (Lipinski definition) is 3. The van der Waals surface area contributed by atoms with E-state index in [-0.39, 0.29) is 28.3 Å². The molecule has 27 heteroatoms. The minimum absolute atomic E-state index is 0. The molecule has 9 aromatic heterocycles. The van der Waals surface area contributed by atoms with Crippen LogP contribution in [0.3, 0.4) is 0 Å². The molecule has 12 heterocycles. The van der Waals surface area contributed by atoms with Crippen molar-refractivity contribution in [1.82, 2.24) is 88.5 Å². The molecule has 27 nitrogen and oxygen atoms in total. The molecule has 89 heavy (non-hydrogen) atoms. The molecule has 6 N–H and O–H groups in total. The maximum absolute atomic E-state index is 5.75. The predicted octanol–water partition coefficient (Wildman–Crippen LogP) is 8.03. The minimum Gasteiger partial charge on any atom is -0.382 e. The topological polar surface area (TPSA) is 324 Å². The van der Waals surface area contributed by atoms with Gasteiger partial charge in [0.15, 0.2) is 16.9 Å². The molecule has 5 fully saturated rings. The molecule has 3 unspecified atom stereocenters. The van der Waals surface area contributed by atoms with Crippen LogP contribution in [0.5, 0.6) is 0 Å². The standard InChI is InChI=1S/C22H22N8O.C20H26N8O.C17H20N8O.3CH4/c23-18-12-24-16(11-25-18)19-20-21(28-22(27-19)29-7-9-31-10-8-29)30(13-26-20)17-6-5-14-3-1-2-4-15(14)17;1-13-4-2-3-5-15(13)28-12-24-18-17(14-10-23-16(21)11-22-14)25-20(26-19(18)28)27-6-8-29-9-7-27;18-13-9-19-12(8-20-13)14-15-16(25(10-21-15)11-2-1-3-11)23-17(22-14)24-4-6-26-7-5-24;;;/h1-4,11-13,17H,5-10H2,(H2,23,25);10-13,15H,2-9H2,1H3,(H2,21,23);8-11H,1-7H2,(H2,18,20);3*1H4. The molecular formula is C62H80N24O3. The zero-order chi connectivity index (χ0) is 58.1. The van der Waals surface area contributed by atoms with Gasteiger partial charge in [0.1, 0.15) is 68.2 Å². The van der Waals surface area contributed by atoms with Crippen molar-refractivity contribution < 1.29 is 14.2 Å². The lowest BCUT2D eigenvalue weighted by molar-refractivity contribution is 0.122. The van der Waals surface area contributed by atoms with E-state index < -0.39 is 0 Å². The highest BCUT2D eigenvalue weighted by atomic mass is 16.5. The first kappa shape index (κ1) is 61.4. The van der Waals surface area contributed by atoms with E-state index in [1.807, 2.05) is 19.0 Å². The van der Waals surface area contributed by atoms with E-state index in [0.717, 1.165) is 92.0 Å². The van der Waals surface area contributed by atoms with Gasteiger partial charge in [-0.3, -0.25) is 0 Å². The largest absolute Gasteiger partial charge is 0.382 e. The second kappa shape index (κ2) is 27.0. The Hall–Kier alpha value is -9.21. The van der Waals surface area contributed by atoms with Gasteiger partial charge in [-0.2, -0.15) is 15.0 Å². The number of imidazole rings is 3. The Bertz CT molecular complexity index is 3990. The number of nitrogen functional groups attached to an aromatic ring is 3. The van der Waals surface area contributed by atoms with Crippen LogP contribution < -0.4 is 31.9 Å². The van der Waals surface area contributed by atoms with E-state index in [1.165, 1.54) is 49.7 Å². The highest BCUT2D eigenvalue weighted by molar-refractivity contribution is 5.89. The fourth-order valence-electron chi connectivity index (χ4n) is 12.3. The molecule has 3 saturated heterocycles. The van der Waals surface area contributed by atoms with Gasteiger partial charge in [0.05, 0.1) is 102 Å². The Morgan fingerprint density at radius 3 is 1.27 bits per heavy atom. The van der Waals surface area contributed by atoms with E-state index in [2.05, 4.69) is 94.5 Å². The summed E-state index contributed by atoms with van der Waals surface area (Å²) in [4.78, 5) is 75.6. The Balaban J connectivity index is 0.000000136. The van der Waals surface area contributed by atoms with Crippen molar-refractivity contribution in [3.05, 3.63) is 91.6 Å². The number of anilines is 6. The molecular weight excluding hydrogens is 1130 g/mol. The van der Waals surface area contributed by atoms with E-state index in [1.54, 1.807) is 37.2 Å². The fraction of sp³-hybridized carbons (Fsp3) is 0.468. The first-order valence-corrected chi connectivity index (χ1v) is 29.8. The monoisotopic (exact) mass is 1210 g/mol. The third kappa shape index (κ3) is 12.5. The van der Waals surface area contributed by atoms with Gasteiger partial charge in [0.2, 0.25) is 17.8 Å². The smallest absolute Gasteiger partial charge is 0.228 e. The van der Waals surface area contributed by atoms with Gasteiger partial charge >= 0.3 is 0 Å². The number of hydrogen-bond acceptors (Lipinski definition) is 24. The van der Waals surface area contributed by atoms with Crippen LogP contribution in [0, 0.1) is 5.92 Å². The summed E-state index contributed by atoms with van der Waals surface area (Å²) in [6, 6.07) is 9.69. The Morgan fingerprint density at radius 2 is 0.843 bits per heavy atom. The van der Waals surface area contributed by atoms with Crippen molar-refractivity contribution in [1.29, 1.82) is 0 Å². The van der Waals surface area contributed by atoms with E-state index >= 15 is 0 Å². The molecule has 3 aliphatic carbocycles. The average molecular weight is 1210 g/mol. The fourth-order valence-corrected chi connectivity index (χ4v) is 12.3. The van der Waals surface area contributed by atoms with Crippen LogP contribution in [0.1, 0.15) is 110 Å². The van der Waals surface area contributed by atoms with Gasteiger partial charge in [-0.1, -0.05) is 66.3 Å². The molecule has 16 rings (SSSR count). The van der Waals surface area contributed by atoms with Crippen LogP contribution in [0.15, 0.2) is 80.4 Å². The van der Waals surface area contributed by atoms with Gasteiger partial charge in [0.25, 0.3) is 0 Å². The molecule has 0 radical (unpaired) electrons. The second-order valence-corrected chi connectivity index (χ2v) is 22.5. The number of aromatic nitrogens is 18. The number of benzene rings is 1. The molecule has 2 saturated carbocycles. The molecule has 466 valence electrons. The second-order valence-electron chi connectivity index (χ2n) is 22.5. The highest BCUT2D eigenvalue weighted by Crippen LogP contribution is 2.40.